The van der Waals surface area contributed by atoms with Gasteiger partial charge in [-0.1, -0.05) is 73.7 Å². The summed E-state index contributed by atoms with van der Waals surface area (Å²) in [7, 11) is 0. The molecule has 0 N–H and O–H groups in total. The molecule has 0 spiro atoms. The molecule has 0 bridgehead atoms. The molecule has 0 amide bonds. The third kappa shape index (κ3) is 7.30. The minimum absolute atomic E-state index is 0. The van der Waals surface area contributed by atoms with Gasteiger partial charge in [0.1, 0.15) is 0 Å². The number of hydrogen-bond acceptors (Lipinski definition) is 1. The van der Waals surface area contributed by atoms with Gasteiger partial charge in [0, 0.05) is 11.7 Å². The van der Waals surface area contributed by atoms with Crippen molar-refractivity contribution in [3.8, 4) is 33.5 Å². The second-order valence-corrected chi connectivity index (χ2v) is 9.02. The van der Waals surface area contributed by atoms with E-state index >= 15 is 0 Å². The third-order valence-corrected chi connectivity index (χ3v) is 6.41. The van der Waals surface area contributed by atoms with Crippen LogP contribution in [0, 0.1) is 25.1 Å². The van der Waals surface area contributed by atoms with Crippen molar-refractivity contribution in [1.29, 1.82) is 0 Å². The zero-order valence-electron chi connectivity index (χ0n) is 26.1. The van der Waals surface area contributed by atoms with Crippen LogP contribution in [0.5, 0.6) is 0 Å². The van der Waals surface area contributed by atoms with E-state index in [2.05, 4.69) is 23.2 Å². The second-order valence-electron chi connectivity index (χ2n) is 9.02. The van der Waals surface area contributed by atoms with Crippen LogP contribution in [-0.4, -0.2) is 4.98 Å². The number of pyridine rings is 1. The molecule has 0 aliphatic rings. The Kier molecular flexibility index (Phi) is 8.51. The summed E-state index contributed by atoms with van der Waals surface area (Å²) in [4.78, 5) is 4.31. The first-order valence-corrected chi connectivity index (χ1v) is 12.8. The molecule has 0 aliphatic heterocycles. The van der Waals surface area contributed by atoms with Gasteiger partial charge < -0.3 is 4.98 Å². The topological polar surface area (TPSA) is 12.9 Å². The third-order valence-electron chi connectivity index (χ3n) is 6.41. The minimum atomic E-state index is -2.20. The van der Waals surface area contributed by atoms with E-state index < -0.39 is 12.7 Å². The number of nitrogens with zero attached hydrogens (tertiary/aromatic N) is 1. The zero-order valence-corrected chi connectivity index (χ0v) is 24.5. The van der Waals surface area contributed by atoms with Crippen LogP contribution in [0.2, 0.25) is 0 Å². The number of benzene rings is 5. The molecule has 1 heterocycles. The first-order valence-electron chi connectivity index (χ1n) is 14.8. The molecule has 1 atom stereocenters. The van der Waals surface area contributed by atoms with Gasteiger partial charge in [-0.05, 0) is 40.7 Å². The molecule has 0 fully saturated rings. The van der Waals surface area contributed by atoms with E-state index in [0.717, 1.165) is 33.4 Å². The van der Waals surface area contributed by atoms with Gasteiger partial charge in [0.05, 0.1) is 0 Å². The van der Waals surface area contributed by atoms with E-state index in [1.807, 2.05) is 140 Å². The van der Waals surface area contributed by atoms with Crippen molar-refractivity contribution in [2.45, 2.75) is 19.7 Å². The van der Waals surface area contributed by atoms with Crippen LogP contribution < -0.4 is 0 Å². The van der Waals surface area contributed by atoms with Crippen LogP contribution >= 0.6 is 0 Å². The van der Waals surface area contributed by atoms with E-state index in [0.29, 0.717) is 11.3 Å². The Balaban J connectivity index is 0.000000197. The monoisotopic (exact) mass is 697 g/mol. The fourth-order valence-corrected chi connectivity index (χ4v) is 4.28. The second kappa shape index (κ2) is 14.3. The van der Waals surface area contributed by atoms with Crippen molar-refractivity contribution < 1.29 is 25.6 Å². The van der Waals surface area contributed by atoms with Crippen molar-refractivity contribution >= 4 is 0 Å². The van der Waals surface area contributed by atoms with Crippen LogP contribution in [0.3, 0.4) is 0 Å². The molecule has 5 aromatic carbocycles. The Labute approximate surface area is 257 Å². The summed E-state index contributed by atoms with van der Waals surface area (Å²) in [5.74, 6) is -0.778. The maximum Gasteiger partial charge on any atom is 3.00 e. The SMILES string of the molecule is [2H]C(C)(c1ccccc1)c1cc[c-]c(-c2[c-]cccc2)c1.[2H]C([2H])([2H])c1cnc(-c2[c-]cccc2)cc1-c1ccccc1.[Ir+3]. The summed E-state index contributed by atoms with van der Waals surface area (Å²) in [5, 5.41) is 0. The van der Waals surface area contributed by atoms with Gasteiger partial charge in [0.15, 0.2) is 0 Å². The molecular formula is C38H30IrN. The van der Waals surface area contributed by atoms with Crippen LogP contribution in [0.15, 0.2) is 140 Å². The maximum absolute atomic E-state index is 8.74. The average molecular weight is 697 g/mol. The zero-order chi connectivity index (χ0) is 30.3. The Hall–Kier alpha value is -4.10. The van der Waals surface area contributed by atoms with E-state index in [4.69, 9.17) is 5.48 Å². The number of aromatic nitrogens is 1. The quantitative estimate of drug-likeness (QED) is 0.164. The molecule has 0 saturated heterocycles. The first-order chi connectivity index (χ1) is 20.7. The van der Waals surface area contributed by atoms with Gasteiger partial charge in [-0.3, -0.25) is 0 Å². The van der Waals surface area contributed by atoms with E-state index in [-0.39, 0.29) is 25.7 Å². The molecule has 0 saturated carbocycles. The summed E-state index contributed by atoms with van der Waals surface area (Å²) >= 11 is 0. The molecule has 1 unspecified atom stereocenters. The molecule has 2 heteroatoms. The predicted molar refractivity (Wildman–Crippen MR) is 162 cm³/mol. The molecular weight excluding hydrogens is 663 g/mol. The van der Waals surface area contributed by atoms with Gasteiger partial charge in [-0.25, -0.2) is 11.1 Å². The summed E-state index contributed by atoms with van der Waals surface area (Å²) in [6.07, 6.45) is 1.45. The Morgan fingerprint density at radius 2 is 1.27 bits per heavy atom. The van der Waals surface area contributed by atoms with Crippen LogP contribution in [0.1, 0.15) is 35.0 Å². The standard InChI is InChI=1S/C20H16.C18H14N.Ir/c1-16(17-9-4-2-5-10-17)19-13-8-14-20(15-19)18-11-6-3-7-12-18;1-14-13-19-18(16-10-6-3-7-11-16)12-17(14)15-8-4-2-5-9-15;/h2-11,13,15-16H,1H3;2-10,12-13H,1H3;/q-2;-1;+3/i16D;1D3;. The Morgan fingerprint density at radius 1 is 0.650 bits per heavy atom. The van der Waals surface area contributed by atoms with E-state index in [1.54, 1.807) is 0 Å². The molecule has 6 aromatic rings. The summed E-state index contributed by atoms with van der Waals surface area (Å²) in [6, 6.07) is 52.1. The molecule has 40 heavy (non-hydrogen) atoms. The molecule has 196 valence electrons. The molecule has 0 aliphatic carbocycles. The predicted octanol–water partition coefficient (Wildman–Crippen LogP) is 9.63. The van der Waals surface area contributed by atoms with Crippen molar-refractivity contribution in [3.63, 3.8) is 0 Å². The molecule has 6 rings (SSSR count). The van der Waals surface area contributed by atoms with Crippen molar-refractivity contribution in [3.05, 3.63) is 175 Å². The van der Waals surface area contributed by atoms with Crippen molar-refractivity contribution in [2.75, 3.05) is 0 Å². The average Bonchev–Trinajstić information content (AvgIpc) is 3.06. The van der Waals surface area contributed by atoms with E-state index in [1.165, 1.54) is 6.20 Å². The Morgan fingerprint density at radius 3 is 1.93 bits per heavy atom. The van der Waals surface area contributed by atoms with Crippen LogP contribution in [0.25, 0.3) is 33.5 Å². The fraction of sp³-hybridized carbons (Fsp3) is 0.0789. The normalized spacial score (nSPS) is 13.5. The molecule has 1 aromatic heterocycles. The van der Waals surface area contributed by atoms with Gasteiger partial charge in [0.2, 0.25) is 0 Å². The van der Waals surface area contributed by atoms with Crippen LogP contribution in [-0.2, 0) is 20.1 Å². The van der Waals surface area contributed by atoms with Gasteiger partial charge in [0.25, 0.3) is 0 Å². The molecule has 0 radical (unpaired) electrons. The first kappa shape index (κ1) is 23.8. The van der Waals surface area contributed by atoms with Crippen molar-refractivity contribution in [1.82, 2.24) is 4.98 Å². The smallest absolute Gasteiger partial charge is 0.304 e. The van der Waals surface area contributed by atoms with E-state index in [9.17, 15) is 0 Å². The number of rotatable bonds is 5. The number of aryl methyl sites for hydroxylation is 1. The minimum Gasteiger partial charge on any atom is -0.304 e. The summed E-state index contributed by atoms with van der Waals surface area (Å²) in [6.45, 7) is -0.271. The van der Waals surface area contributed by atoms with Gasteiger partial charge in [-0.2, -0.15) is 42.5 Å². The summed E-state index contributed by atoms with van der Waals surface area (Å²) < 4.78 is 31.9. The van der Waals surface area contributed by atoms with Crippen molar-refractivity contribution in [2.24, 2.45) is 0 Å². The largest absolute Gasteiger partial charge is 3.00 e. The fourth-order valence-electron chi connectivity index (χ4n) is 4.28. The maximum atomic E-state index is 8.74. The molecule has 1 nitrogen and oxygen atoms in total. The van der Waals surface area contributed by atoms with Gasteiger partial charge >= 0.3 is 20.1 Å². The van der Waals surface area contributed by atoms with Gasteiger partial charge in [-0.15, -0.1) is 53.6 Å². The Bertz CT molecular complexity index is 1760. The number of hydrogen-bond donors (Lipinski definition) is 0. The summed E-state index contributed by atoms with van der Waals surface area (Å²) in [5.41, 5.74) is 7.29. The van der Waals surface area contributed by atoms with Crippen LogP contribution in [0.4, 0.5) is 0 Å².